The molecule has 0 amide bonds. The minimum absolute atomic E-state index is 0.0317. The van der Waals surface area contributed by atoms with Gasteiger partial charge in [0.2, 0.25) is 0 Å². The molecule has 0 radical (unpaired) electrons. The summed E-state index contributed by atoms with van der Waals surface area (Å²) in [5.74, 6) is 0.950. The van der Waals surface area contributed by atoms with Crippen molar-refractivity contribution in [2.45, 2.75) is 27.7 Å². The van der Waals surface area contributed by atoms with E-state index >= 15 is 0 Å². The zero-order valence-electron chi connectivity index (χ0n) is 15.0. The monoisotopic (exact) mass is 442 g/mol. The van der Waals surface area contributed by atoms with Crippen LogP contribution in [0.2, 0.25) is 14.8 Å². The third kappa shape index (κ3) is 3.81. The Morgan fingerprint density at radius 1 is 1.00 bits per heavy atom. The topological polar surface area (TPSA) is 60.7 Å². The number of hydrogen-bond acceptors (Lipinski definition) is 4. The summed E-state index contributed by atoms with van der Waals surface area (Å²) >= 11 is -2.46. The van der Waals surface area contributed by atoms with Gasteiger partial charge in [0.15, 0.2) is 0 Å². The molecular formula is C19H22N4OSn. The molecule has 1 atom stereocenters. The second kappa shape index (κ2) is 7.07. The predicted octanol–water partition coefficient (Wildman–Crippen LogP) is 3.74. The molecule has 2 aromatic carbocycles. The van der Waals surface area contributed by atoms with Crippen molar-refractivity contribution < 1.29 is 4.79 Å². The molecule has 0 unspecified atom stereocenters. The summed E-state index contributed by atoms with van der Waals surface area (Å²) in [6.45, 7) is 2.09. The number of aromatic nitrogens is 4. The predicted molar refractivity (Wildman–Crippen MR) is 100 cm³/mol. The number of hydrogen-bond donors (Lipinski definition) is 0. The van der Waals surface area contributed by atoms with Gasteiger partial charge < -0.3 is 0 Å². The molecule has 0 spiro atoms. The standard InChI is InChI=1S/C16H13N4O.3CH3.Sn/c1-11(16-17-19-20-18-16)13-8-5-9-14(10-13)15(21)12-6-3-2-4-7-12;;;;/h2-11H,1H3;3*1H3;/q-1;;;;+1/t11-;;;;/m1..../s1. The van der Waals surface area contributed by atoms with Crippen LogP contribution in [-0.2, 0) is 0 Å². The van der Waals surface area contributed by atoms with Crippen LogP contribution < -0.4 is 0 Å². The van der Waals surface area contributed by atoms with Crippen molar-refractivity contribution in [1.29, 1.82) is 0 Å². The van der Waals surface area contributed by atoms with Gasteiger partial charge in [-0.25, -0.2) is 0 Å². The van der Waals surface area contributed by atoms with E-state index in [4.69, 9.17) is 0 Å². The van der Waals surface area contributed by atoms with Crippen molar-refractivity contribution in [3.8, 4) is 0 Å². The zero-order valence-corrected chi connectivity index (χ0v) is 17.8. The van der Waals surface area contributed by atoms with Crippen LogP contribution in [0.15, 0.2) is 54.6 Å². The van der Waals surface area contributed by atoms with Crippen molar-refractivity contribution >= 4 is 24.4 Å². The summed E-state index contributed by atoms with van der Waals surface area (Å²) in [6, 6.07) is 17.1. The third-order valence-corrected chi connectivity index (χ3v) is 8.74. The first-order valence-corrected chi connectivity index (χ1v) is 18.2. The van der Waals surface area contributed by atoms with Crippen molar-refractivity contribution in [2.75, 3.05) is 0 Å². The molecule has 1 aromatic heterocycles. The maximum absolute atomic E-state index is 12.7. The molecule has 0 saturated heterocycles. The van der Waals surface area contributed by atoms with Crippen LogP contribution in [0.1, 0.15) is 40.2 Å². The Kier molecular flexibility index (Phi) is 5.03. The number of nitrogens with zero attached hydrogens (tertiary/aromatic N) is 4. The number of carbonyl (C=O) groups excluding carboxylic acids is 1. The number of ketones is 1. The fourth-order valence-corrected chi connectivity index (χ4v) is 6.32. The van der Waals surface area contributed by atoms with Crippen LogP contribution >= 0.6 is 0 Å². The summed E-state index contributed by atoms with van der Waals surface area (Å²) in [4.78, 5) is 19.5. The quantitative estimate of drug-likeness (QED) is 0.447. The summed E-state index contributed by atoms with van der Waals surface area (Å²) in [5.41, 5.74) is 2.44. The van der Waals surface area contributed by atoms with Gasteiger partial charge in [-0.05, 0) is 0 Å². The average Bonchev–Trinajstić information content (AvgIpc) is 3.11. The number of carbonyl (C=O) groups is 1. The molecule has 0 aliphatic rings. The molecule has 0 saturated carbocycles. The van der Waals surface area contributed by atoms with Gasteiger partial charge in [0.1, 0.15) is 0 Å². The second-order valence-electron chi connectivity index (χ2n) is 7.16. The first-order valence-electron chi connectivity index (χ1n) is 8.36. The van der Waals surface area contributed by atoms with E-state index in [0.717, 1.165) is 11.4 Å². The molecule has 3 aromatic rings. The van der Waals surface area contributed by atoms with E-state index in [0.29, 0.717) is 11.1 Å². The van der Waals surface area contributed by atoms with Gasteiger partial charge in [0, 0.05) is 0 Å². The normalized spacial score (nSPS) is 12.8. The molecular weight excluding hydrogens is 419 g/mol. The Labute approximate surface area is 152 Å². The molecule has 0 N–H and O–H groups in total. The van der Waals surface area contributed by atoms with Crippen LogP contribution in [0, 0.1) is 0 Å². The van der Waals surface area contributed by atoms with Crippen LogP contribution in [0.5, 0.6) is 0 Å². The Morgan fingerprint density at radius 2 is 1.68 bits per heavy atom. The Balaban J connectivity index is 1.95. The minimum atomic E-state index is -2.46. The fourth-order valence-electron chi connectivity index (χ4n) is 2.80. The van der Waals surface area contributed by atoms with Crippen LogP contribution in [-0.4, -0.2) is 42.9 Å². The van der Waals surface area contributed by atoms with Gasteiger partial charge in [-0.2, -0.15) is 0 Å². The van der Waals surface area contributed by atoms with Crippen molar-refractivity contribution in [3.63, 3.8) is 0 Å². The molecule has 3 rings (SSSR count). The van der Waals surface area contributed by atoms with E-state index in [-0.39, 0.29) is 11.7 Å². The molecule has 0 aliphatic heterocycles. The molecule has 0 fully saturated rings. The summed E-state index contributed by atoms with van der Waals surface area (Å²) in [7, 11) is 0. The maximum atomic E-state index is 12.7. The molecule has 25 heavy (non-hydrogen) atoms. The Bertz CT molecular complexity index is 884. The van der Waals surface area contributed by atoms with E-state index in [9.17, 15) is 4.79 Å². The van der Waals surface area contributed by atoms with E-state index in [2.05, 4.69) is 37.3 Å². The molecule has 5 nitrogen and oxygen atoms in total. The van der Waals surface area contributed by atoms with Gasteiger partial charge in [-0.15, -0.1) is 0 Å². The molecule has 128 valence electrons. The second-order valence-corrected chi connectivity index (χ2v) is 20.8. The molecule has 1 heterocycles. The van der Waals surface area contributed by atoms with Gasteiger partial charge in [0.05, 0.1) is 0 Å². The SMILES string of the molecule is C[C@H](c1cccc(C(=O)c2ccccc2)c1)c1nnn[n]1[Sn]([CH3])([CH3])[CH3]. The number of tetrazole rings is 1. The van der Waals surface area contributed by atoms with Crippen LogP contribution in [0.25, 0.3) is 0 Å². The summed E-state index contributed by atoms with van der Waals surface area (Å²) in [5, 5.41) is 12.4. The van der Waals surface area contributed by atoms with Crippen LogP contribution in [0.4, 0.5) is 0 Å². The van der Waals surface area contributed by atoms with Crippen molar-refractivity contribution in [2.24, 2.45) is 0 Å². The average molecular weight is 441 g/mol. The fraction of sp³-hybridized carbons (Fsp3) is 0.263. The van der Waals surface area contributed by atoms with E-state index < -0.39 is 18.7 Å². The Hall–Kier alpha value is -2.02. The molecule has 0 bridgehead atoms. The van der Waals surface area contributed by atoms with Gasteiger partial charge >= 0.3 is 152 Å². The molecule has 6 heteroatoms. The summed E-state index contributed by atoms with van der Waals surface area (Å²) < 4.78 is 2.05. The van der Waals surface area contributed by atoms with E-state index in [1.165, 1.54) is 0 Å². The van der Waals surface area contributed by atoms with Gasteiger partial charge in [-0.1, -0.05) is 0 Å². The third-order valence-electron chi connectivity index (χ3n) is 4.20. The van der Waals surface area contributed by atoms with Crippen molar-refractivity contribution in [3.05, 3.63) is 77.1 Å². The molecule has 0 aliphatic carbocycles. The number of rotatable bonds is 5. The van der Waals surface area contributed by atoms with Gasteiger partial charge in [-0.3, -0.25) is 0 Å². The zero-order chi connectivity index (χ0) is 18.0. The van der Waals surface area contributed by atoms with Crippen molar-refractivity contribution in [1.82, 2.24) is 18.4 Å². The Morgan fingerprint density at radius 3 is 2.36 bits per heavy atom. The first-order chi connectivity index (χ1) is 11.9. The summed E-state index contributed by atoms with van der Waals surface area (Å²) in [6.07, 6.45) is 0. The van der Waals surface area contributed by atoms with Crippen LogP contribution in [0.3, 0.4) is 0 Å². The van der Waals surface area contributed by atoms with E-state index in [1.807, 2.05) is 57.5 Å². The first kappa shape index (κ1) is 17.8. The van der Waals surface area contributed by atoms with E-state index in [1.54, 1.807) is 0 Å². The number of benzene rings is 2. The van der Waals surface area contributed by atoms with Gasteiger partial charge in [0.25, 0.3) is 0 Å².